The summed E-state index contributed by atoms with van der Waals surface area (Å²) in [7, 11) is 0. The number of oxime groups is 1. The van der Waals surface area contributed by atoms with E-state index in [1.54, 1.807) is 0 Å². The number of hydrogen-bond acceptors (Lipinski definition) is 5. The molecule has 6 heteroatoms. The first kappa shape index (κ1) is 20.8. The van der Waals surface area contributed by atoms with E-state index in [9.17, 15) is 15.0 Å². The van der Waals surface area contributed by atoms with Crippen LogP contribution in [0.3, 0.4) is 0 Å². The van der Waals surface area contributed by atoms with Gasteiger partial charge in [-0.2, -0.15) is 0 Å². The van der Waals surface area contributed by atoms with Gasteiger partial charge in [0.2, 0.25) is 0 Å². The molecule has 0 radical (unpaired) electrons. The molecule has 1 aromatic carbocycles. The molecule has 2 saturated carbocycles. The highest BCUT2D eigenvalue weighted by Gasteiger charge is 2.51. The van der Waals surface area contributed by atoms with Crippen molar-refractivity contribution in [2.75, 3.05) is 6.61 Å². The lowest BCUT2D eigenvalue weighted by atomic mass is 9.70. The third-order valence-corrected chi connectivity index (χ3v) is 6.30. The van der Waals surface area contributed by atoms with Gasteiger partial charge in [0.15, 0.2) is 0 Å². The fraction of sp³-hybridized carbons (Fsp3) is 0.636. The van der Waals surface area contributed by atoms with Gasteiger partial charge in [-0.05, 0) is 68.9 Å². The Hall–Kier alpha value is -1.92. The highest BCUT2D eigenvalue weighted by molar-refractivity contribution is 5.93. The summed E-state index contributed by atoms with van der Waals surface area (Å²) >= 11 is 0. The van der Waals surface area contributed by atoms with Crippen molar-refractivity contribution >= 4 is 11.7 Å². The van der Waals surface area contributed by atoms with Crippen LogP contribution >= 0.6 is 0 Å². The van der Waals surface area contributed by atoms with E-state index in [0.717, 1.165) is 29.7 Å². The van der Waals surface area contributed by atoms with Gasteiger partial charge in [0, 0.05) is 12.3 Å². The molecule has 2 aliphatic carbocycles. The number of benzene rings is 1. The van der Waals surface area contributed by atoms with Gasteiger partial charge < -0.3 is 20.2 Å². The van der Waals surface area contributed by atoms with Gasteiger partial charge in [-0.3, -0.25) is 4.79 Å². The van der Waals surface area contributed by atoms with Crippen LogP contribution < -0.4 is 0 Å². The van der Waals surface area contributed by atoms with Crippen LogP contribution in [0.1, 0.15) is 61.3 Å². The number of fused-ring (bicyclic) bond motifs is 1. The number of hydrogen-bond donors (Lipinski definition) is 3. The van der Waals surface area contributed by atoms with Gasteiger partial charge in [-0.25, -0.2) is 0 Å². The predicted molar refractivity (Wildman–Crippen MR) is 106 cm³/mol. The topological polar surface area (TPSA) is 99.4 Å². The lowest BCUT2D eigenvalue weighted by molar-refractivity contribution is -0.137. The van der Waals surface area contributed by atoms with E-state index in [0.29, 0.717) is 31.8 Å². The number of nitrogens with zero attached hydrogens (tertiary/aromatic N) is 1. The Balaban J connectivity index is 1.47. The molecule has 0 spiro atoms. The fourth-order valence-corrected chi connectivity index (χ4v) is 4.74. The summed E-state index contributed by atoms with van der Waals surface area (Å²) in [6, 6.07) is 6.11. The van der Waals surface area contributed by atoms with Crippen molar-refractivity contribution in [3.8, 4) is 0 Å². The SMILES string of the molecule is Cc1ccc(C(O)CCC2C(O)CC3C(=NOCCCC(=O)O)CC32)c(C)c1. The van der Waals surface area contributed by atoms with Gasteiger partial charge in [0.25, 0.3) is 0 Å². The summed E-state index contributed by atoms with van der Waals surface area (Å²) < 4.78 is 0. The van der Waals surface area contributed by atoms with Gasteiger partial charge in [-0.1, -0.05) is 28.9 Å². The molecule has 0 bridgehead atoms. The maximum atomic E-state index is 10.6. The molecule has 3 rings (SSSR count). The molecular formula is C22H31NO5. The molecule has 1 aromatic rings. The van der Waals surface area contributed by atoms with E-state index < -0.39 is 12.1 Å². The van der Waals surface area contributed by atoms with Crippen molar-refractivity contribution in [1.29, 1.82) is 0 Å². The number of aliphatic hydroxyl groups excluding tert-OH is 2. The van der Waals surface area contributed by atoms with Crippen molar-refractivity contribution in [3.63, 3.8) is 0 Å². The second kappa shape index (κ2) is 9.05. The molecule has 5 atom stereocenters. The molecule has 154 valence electrons. The van der Waals surface area contributed by atoms with Crippen LogP contribution in [0.5, 0.6) is 0 Å². The minimum absolute atomic E-state index is 0.0838. The normalized spacial score (nSPS) is 28.6. The van der Waals surface area contributed by atoms with Crippen LogP contribution in [-0.2, 0) is 9.63 Å². The molecule has 3 N–H and O–H groups in total. The smallest absolute Gasteiger partial charge is 0.303 e. The third kappa shape index (κ3) is 4.73. The van der Waals surface area contributed by atoms with Gasteiger partial charge in [0.1, 0.15) is 6.61 Å². The van der Waals surface area contributed by atoms with E-state index in [-0.39, 0.29) is 24.4 Å². The van der Waals surface area contributed by atoms with Crippen molar-refractivity contribution in [1.82, 2.24) is 0 Å². The number of carboxylic acids is 1. The molecule has 5 unspecified atom stereocenters. The average Bonchev–Trinajstić information content (AvgIpc) is 2.86. The third-order valence-electron chi connectivity index (χ3n) is 6.30. The quantitative estimate of drug-likeness (QED) is 0.444. The van der Waals surface area contributed by atoms with Gasteiger partial charge in [0.05, 0.1) is 17.9 Å². The first-order valence-corrected chi connectivity index (χ1v) is 10.2. The molecule has 2 aliphatic rings. The van der Waals surface area contributed by atoms with Crippen LogP contribution in [0.15, 0.2) is 23.4 Å². The Kier molecular flexibility index (Phi) is 6.73. The highest BCUT2D eigenvalue weighted by atomic mass is 16.6. The second-order valence-corrected chi connectivity index (χ2v) is 8.31. The van der Waals surface area contributed by atoms with Crippen molar-refractivity contribution < 1.29 is 25.0 Å². The van der Waals surface area contributed by atoms with E-state index in [1.165, 1.54) is 5.56 Å². The highest BCUT2D eigenvalue weighted by Crippen LogP contribution is 2.51. The monoisotopic (exact) mass is 389 g/mol. The molecule has 28 heavy (non-hydrogen) atoms. The number of rotatable bonds is 9. The largest absolute Gasteiger partial charge is 0.481 e. The standard InChI is InChI=1S/C22H31NO5/c1-13-5-6-15(14(2)10-13)20(24)8-7-16-17-11-19(18(17)12-21(16)25)23-28-9-3-4-22(26)27/h5-6,10,16-18,20-21,24-25H,3-4,7-9,11-12H2,1-2H3,(H,26,27). The molecule has 6 nitrogen and oxygen atoms in total. The van der Waals surface area contributed by atoms with Crippen LogP contribution in [0, 0.1) is 31.6 Å². The van der Waals surface area contributed by atoms with Crippen LogP contribution in [-0.4, -0.2) is 39.7 Å². The van der Waals surface area contributed by atoms with Crippen LogP contribution in [0.25, 0.3) is 0 Å². The van der Waals surface area contributed by atoms with E-state index in [1.807, 2.05) is 26.0 Å². The Labute approximate surface area is 166 Å². The van der Waals surface area contributed by atoms with Crippen LogP contribution in [0.2, 0.25) is 0 Å². The van der Waals surface area contributed by atoms with Crippen molar-refractivity contribution in [3.05, 3.63) is 34.9 Å². The lowest BCUT2D eigenvalue weighted by Crippen LogP contribution is -2.36. The molecule has 0 saturated heterocycles. The molecule has 0 amide bonds. The van der Waals surface area contributed by atoms with E-state index in [2.05, 4.69) is 11.2 Å². The maximum absolute atomic E-state index is 10.6. The number of aryl methyl sites for hydroxylation is 2. The van der Waals surface area contributed by atoms with Crippen LogP contribution in [0.4, 0.5) is 0 Å². The lowest BCUT2D eigenvalue weighted by Gasteiger charge is -2.35. The molecular weight excluding hydrogens is 358 g/mol. The number of carbonyl (C=O) groups is 1. The summed E-state index contributed by atoms with van der Waals surface area (Å²) in [4.78, 5) is 15.7. The number of aliphatic carboxylic acids is 1. The summed E-state index contributed by atoms with van der Waals surface area (Å²) in [6.45, 7) is 4.38. The van der Waals surface area contributed by atoms with E-state index in [4.69, 9.17) is 9.94 Å². The zero-order valence-corrected chi connectivity index (χ0v) is 16.7. The summed E-state index contributed by atoms with van der Waals surface area (Å²) in [5.74, 6) is 0.0292. The Morgan fingerprint density at radius 1 is 1.36 bits per heavy atom. The zero-order valence-electron chi connectivity index (χ0n) is 16.7. The summed E-state index contributed by atoms with van der Waals surface area (Å²) in [6.07, 6.45) is 2.63. The second-order valence-electron chi connectivity index (χ2n) is 8.31. The van der Waals surface area contributed by atoms with Gasteiger partial charge >= 0.3 is 5.97 Å². The Bertz CT molecular complexity index is 732. The molecule has 0 aliphatic heterocycles. The van der Waals surface area contributed by atoms with E-state index >= 15 is 0 Å². The maximum Gasteiger partial charge on any atom is 0.303 e. The molecule has 0 heterocycles. The van der Waals surface area contributed by atoms with Crippen molar-refractivity contribution in [2.45, 2.75) is 64.6 Å². The molecule has 2 fully saturated rings. The zero-order chi connectivity index (χ0) is 20.3. The van der Waals surface area contributed by atoms with Crippen molar-refractivity contribution in [2.24, 2.45) is 22.9 Å². The predicted octanol–water partition coefficient (Wildman–Crippen LogP) is 3.37. The number of carboxylic acid groups (broad SMARTS) is 1. The summed E-state index contributed by atoms with van der Waals surface area (Å²) in [5.41, 5.74) is 4.25. The minimum Gasteiger partial charge on any atom is -0.481 e. The van der Waals surface area contributed by atoms with Gasteiger partial charge in [-0.15, -0.1) is 0 Å². The fourth-order valence-electron chi connectivity index (χ4n) is 4.74. The molecule has 0 aromatic heterocycles. The first-order valence-electron chi connectivity index (χ1n) is 10.2. The summed E-state index contributed by atoms with van der Waals surface area (Å²) in [5, 5.41) is 33.9. The Morgan fingerprint density at radius 3 is 2.86 bits per heavy atom. The Morgan fingerprint density at radius 2 is 2.14 bits per heavy atom. The first-order chi connectivity index (χ1) is 13.4. The minimum atomic E-state index is -0.829. The number of aliphatic hydroxyl groups is 2. The average molecular weight is 389 g/mol.